The Kier molecular flexibility index (Phi) is 5.84. The number of fused-ring (bicyclic) bond motifs is 1. The number of nitrogens with one attached hydrogen (secondary N) is 2. The van der Waals surface area contributed by atoms with Crippen LogP contribution in [0, 0.1) is 11.6 Å². The van der Waals surface area contributed by atoms with E-state index in [4.69, 9.17) is 4.74 Å². The highest BCUT2D eigenvalue weighted by atomic mass is 19.1. The van der Waals surface area contributed by atoms with Gasteiger partial charge in [-0.3, -0.25) is 4.79 Å². The number of H-pyrrole nitrogens is 1. The SMILES string of the molecule is COC(=O)[C@H](Cc1c[nH]c2ccccc12)NC(=O)C=Cc1c(F)cccc1F. The van der Waals surface area contributed by atoms with Crippen LogP contribution in [0.4, 0.5) is 8.78 Å². The minimum atomic E-state index is -0.952. The molecular formula is C21H18F2N2O3. The summed E-state index contributed by atoms with van der Waals surface area (Å²) in [4.78, 5) is 27.4. The maximum absolute atomic E-state index is 13.6. The first-order chi connectivity index (χ1) is 13.5. The summed E-state index contributed by atoms with van der Waals surface area (Å²) in [5.74, 6) is -2.86. The second-order valence-electron chi connectivity index (χ2n) is 6.12. The molecule has 28 heavy (non-hydrogen) atoms. The lowest BCUT2D eigenvalue weighted by molar-refractivity contribution is -0.144. The summed E-state index contributed by atoms with van der Waals surface area (Å²) in [6, 6.07) is 10.0. The normalized spacial score (nSPS) is 12.2. The highest BCUT2D eigenvalue weighted by Gasteiger charge is 2.22. The van der Waals surface area contributed by atoms with E-state index in [0.717, 1.165) is 40.8 Å². The zero-order chi connectivity index (χ0) is 20.1. The van der Waals surface area contributed by atoms with Crippen molar-refractivity contribution in [2.45, 2.75) is 12.5 Å². The molecule has 5 nitrogen and oxygen atoms in total. The summed E-state index contributed by atoms with van der Waals surface area (Å²) in [7, 11) is 1.22. The molecule has 0 saturated carbocycles. The third-order valence-electron chi connectivity index (χ3n) is 4.30. The number of methoxy groups -OCH3 is 1. The van der Waals surface area contributed by atoms with Gasteiger partial charge in [0, 0.05) is 35.2 Å². The lowest BCUT2D eigenvalue weighted by Crippen LogP contribution is -2.42. The molecule has 0 aliphatic carbocycles. The third kappa shape index (κ3) is 4.25. The van der Waals surface area contributed by atoms with Crippen LogP contribution in [0.5, 0.6) is 0 Å². The van der Waals surface area contributed by atoms with Gasteiger partial charge in [0.25, 0.3) is 0 Å². The van der Waals surface area contributed by atoms with Crippen LogP contribution in [0.1, 0.15) is 11.1 Å². The lowest BCUT2D eigenvalue weighted by atomic mass is 10.0. The molecule has 1 amide bonds. The van der Waals surface area contributed by atoms with Crippen molar-refractivity contribution in [1.29, 1.82) is 0 Å². The van der Waals surface area contributed by atoms with Crippen LogP contribution >= 0.6 is 0 Å². The fourth-order valence-electron chi connectivity index (χ4n) is 2.90. The first-order valence-corrected chi connectivity index (χ1v) is 8.55. The molecule has 0 aliphatic rings. The summed E-state index contributed by atoms with van der Waals surface area (Å²) in [6.07, 6.45) is 3.97. The molecule has 0 fully saturated rings. The number of halogens is 2. The summed E-state index contributed by atoms with van der Waals surface area (Å²) < 4.78 is 32.1. The zero-order valence-electron chi connectivity index (χ0n) is 15.0. The molecule has 0 radical (unpaired) electrons. The second-order valence-corrected chi connectivity index (χ2v) is 6.12. The van der Waals surface area contributed by atoms with Crippen LogP contribution in [0.2, 0.25) is 0 Å². The molecule has 7 heteroatoms. The van der Waals surface area contributed by atoms with Gasteiger partial charge in [0.2, 0.25) is 5.91 Å². The number of carbonyl (C=O) groups excluding carboxylic acids is 2. The number of hydrogen-bond donors (Lipinski definition) is 2. The Labute approximate surface area is 160 Å². The van der Waals surface area contributed by atoms with Crippen molar-refractivity contribution in [2.75, 3.05) is 7.11 Å². The van der Waals surface area contributed by atoms with E-state index in [0.29, 0.717) is 0 Å². The van der Waals surface area contributed by atoms with Crippen molar-refractivity contribution in [3.8, 4) is 0 Å². The molecule has 0 aliphatic heterocycles. The molecule has 1 heterocycles. The summed E-state index contributed by atoms with van der Waals surface area (Å²) in [5, 5.41) is 3.45. The van der Waals surface area contributed by atoms with Crippen molar-refractivity contribution < 1.29 is 23.1 Å². The topological polar surface area (TPSA) is 71.2 Å². The van der Waals surface area contributed by atoms with Crippen molar-refractivity contribution in [1.82, 2.24) is 10.3 Å². The van der Waals surface area contributed by atoms with E-state index in [-0.39, 0.29) is 12.0 Å². The van der Waals surface area contributed by atoms with E-state index in [1.807, 2.05) is 24.3 Å². The van der Waals surface area contributed by atoms with Gasteiger partial charge in [-0.2, -0.15) is 0 Å². The van der Waals surface area contributed by atoms with Gasteiger partial charge in [0.1, 0.15) is 17.7 Å². The average Bonchev–Trinajstić information content (AvgIpc) is 3.09. The van der Waals surface area contributed by atoms with E-state index >= 15 is 0 Å². The van der Waals surface area contributed by atoms with Gasteiger partial charge in [0.05, 0.1) is 7.11 Å². The standard InChI is InChI=1S/C21H18F2N2O3/c1-28-21(27)19(11-13-12-24-18-8-3-2-5-14(13)18)25-20(26)10-9-15-16(22)6-4-7-17(15)23/h2-10,12,19,24H,11H2,1H3,(H,25,26)/t19-/m0/s1. The number of rotatable bonds is 6. The molecule has 3 rings (SSSR count). The maximum Gasteiger partial charge on any atom is 0.328 e. The number of carbonyl (C=O) groups is 2. The third-order valence-corrected chi connectivity index (χ3v) is 4.30. The largest absolute Gasteiger partial charge is 0.467 e. The predicted molar refractivity (Wildman–Crippen MR) is 101 cm³/mol. The molecular weight excluding hydrogens is 366 g/mol. The molecule has 0 saturated heterocycles. The summed E-state index contributed by atoms with van der Waals surface area (Å²) in [5.41, 5.74) is 1.40. The molecule has 0 spiro atoms. The number of esters is 1. The fourth-order valence-corrected chi connectivity index (χ4v) is 2.90. The van der Waals surface area contributed by atoms with Gasteiger partial charge in [-0.05, 0) is 29.8 Å². The Morgan fingerprint density at radius 1 is 1.14 bits per heavy atom. The number of benzene rings is 2. The number of amides is 1. The van der Waals surface area contributed by atoms with E-state index in [2.05, 4.69) is 10.3 Å². The fraction of sp³-hybridized carbons (Fsp3) is 0.143. The highest BCUT2D eigenvalue weighted by molar-refractivity contribution is 5.95. The zero-order valence-corrected chi connectivity index (χ0v) is 15.0. The van der Waals surface area contributed by atoms with Crippen molar-refractivity contribution in [3.63, 3.8) is 0 Å². The van der Waals surface area contributed by atoms with E-state index < -0.39 is 29.6 Å². The molecule has 2 N–H and O–H groups in total. The molecule has 1 atom stereocenters. The number of ether oxygens (including phenoxy) is 1. The van der Waals surface area contributed by atoms with Crippen molar-refractivity contribution in [3.05, 3.63) is 77.5 Å². The minimum Gasteiger partial charge on any atom is -0.467 e. The van der Waals surface area contributed by atoms with E-state index in [9.17, 15) is 18.4 Å². The first kappa shape index (κ1) is 19.3. The first-order valence-electron chi connectivity index (χ1n) is 8.55. The molecule has 1 aromatic heterocycles. The Morgan fingerprint density at radius 2 is 1.86 bits per heavy atom. The van der Waals surface area contributed by atoms with Gasteiger partial charge in [-0.25, -0.2) is 13.6 Å². The van der Waals surface area contributed by atoms with Gasteiger partial charge >= 0.3 is 5.97 Å². The molecule has 144 valence electrons. The Morgan fingerprint density at radius 3 is 2.57 bits per heavy atom. The quantitative estimate of drug-likeness (QED) is 0.506. The van der Waals surface area contributed by atoms with E-state index in [1.54, 1.807) is 6.20 Å². The minimum absolute atomic E-state index is 0.199. The Balaban J connectivity index is 1.76. The van der Waals surface area contributed by atoms with Crippen LogP contribution in [0.15, 0.2) is 54.7 Å². The maximum atomic E-state index is 13.6. The smallest absolute Gasteiger partial charge is 0.328 e. The van der Waals surface area contributed by atoms with Crippen LogP contribution in [0.3, 0.4) is 0 Å². The number of aromatic amines is 1. The molecule has 3 aromatic rings. The molecule has 0 bridgehead atoms. The molecule has 2 aromatic carbocycles. The summed E-state index contributed by atoms with van der Waals surface area (Å²) in [6.45, 7) is 0. The van der Waals surface area contributed by atoms with Crippen LogP contribution in [-0.4, -0.2) is 30.0 Å². The average molecular weight is 384 g/mol. The second kappa shape index (κ2) is 8.47. The van der Waals surface area contributed by atoms with Gasteiger partial charge in [-0.1, -0.05) is 24.3 Å². The number of para-hydroxylation sites is 1. The van der Waals surface area contributed by atoms with Crippen LogP contribution in [-0.2, 0) is 20.7 Å². The van der Waals surface area contributed by atoms with Crippen LogP contribution in [0.25, 0.3) is 17.0 Å². The van der Waals surface area contributed by atoms with Crippen molar-refractivity contribution >= 4 is 28.9 Å². The summed E-state index contributed by atoms with van der Waals surface area (Å²) >= 11 is 0. The monoisotopic (exact) mass is 384 g/mol. The van der Waals surface area contributed by atoms with Crippen LogP contribution < -0.4 is 5.32 Å². The Bertz CT molecular complexity index is 1020. The number of hydrogen-bond acceptors (Lipinski definition) is 3. The predicted octanol–water partition coefficient (Wildman–Crippen LogP) is 3.36. The highest BCUT2D eigenvalue weighted by Crippen LogP contribution is 2.19. The molecule has 0 unspecified atom stereocenters. The van der Waals surface area contributed by atoms with Gasteiger partial charge in [-0.15, -0.1) is 0 Å². The van der Waals surface area contributed by atoms with Crippen molar-refractivity contribution in [2.24, 2.45) is 0 Å². The lowest BCUT2D eigenvalue weighted by Gasteiger charge is -2.15. The number of aromatic nitrogens is 1. The Hall–Kier alpha value is -3.48. The van der Waals surface area contributed by atoms with Gasteiger partial charge in [0.15, 0.2) is 0 Å². The van der Waals surface area contributed by atoms with E-state index in [1.165, 1.54) is 13.2 Å². The van der Waals surface area contributed by atoms with Gasteiger partial charge < -0.3 is 15.0 Å².